The van der Waals surface area contributed by atoms with Crippen molar-refractivity contribution in [3.05, 3.63) is 28.6 Å². The largest absolute Gasteiger partial charge is 0.477 e. The van der Waals surface area contributed by atoms with Gasteiger partial charge >= 0.3 is 5.97 Å². The van der Waals surface area contributed by atoms with E-state index < -0.39 is 5.97 Å². The normalized spacial score (nSPS) is 14.3. The molecule has 1 aromatic rings. The fourth-order valence-corrected chi connectivity index (χ4v) is 1.90. The third-order valence-electron chi connectivity index (χ3n) is 2.32. The number of nitrogens with zero attached hydrogens (tertiary/aromatic N) is 1. The van der Waals surface area contributed by atoms with Crippen molar-refractivity contribution in [1.29, 1.82) is 0 Å². The molecule has 2 N–H and O–H groups in total. The number of hydrogen-bond donors (Lipinski definition) is 2. The second-order valence-corrected chi connectivity index (χ2v) is 4.00. The quantitative estimate of drug-likeness (QED) is 0.702. The summed E-state index contributed by atoms with van der Waals surface area (Å²) in [6.07, 6.45) is 0.304. The number of carboxylic acid groups (broad SMARTS) is 1. The summed E-state index contributed by atoms with van der Waals surface area (Å²) in [5.74, 6) is -1.42. The Morgan fingerprint density at radius 3 is 2.94 bits per heavy atom. The van der Waals surface area contributed by atoms with Crippen molar-refractivity contribution in [2.45, 2.75) is 13.3 Å². The Labute approximate surface area is 96.5 Å². The minimum absolute atomic E-state index is 0.0613. The van der Waals surface area contributed by atoms with Gasteiger partial charge in [-0.1, -0.05) is 12.2 Å². The Balaban J connectivity index is 2.63. The summed E-state index contributed by atoms with van der Waals surface area (Å²) in [7, 11) is 0. The summed E-state index contributed by atoms with van der Waals surface area (Å²) >= 11 is 4.89. The second-order valence-electron chi connectivity index (χ2n) is 3.51. The fourth-order valence-electron chi connectivity index (χ4n) is 1.67. The predicted octanol–water partition coefficient (Wildman–Crippen LogP) is 0.702. The van der Waals surface area contributed by atoms with E-state index in [1.54, 1.807) is 6.92 Å². The molecule has 0 aliphatic carbocycles. The molecule has 5 nitrogen and oxygen atoms in total. The standard InChI is InChI=1S/C10H8N2O3S/c1-4-2-6(10(14)15)11-5-3-7(16)12-9(13)8(4)5/h2H,3H2,1H3,(H,14,15)(H,12,13,16). The molecule has 0 aromatic carbocycles. The van der Waals surface area contributed by atoms with E-state index in [1.807, 2.05) is 0 Å². The van der Waals surface area contributed by atoms with Crippen LogP contribution in [0.25, 0.3) is 0 Å². The zero-order valence-corrected chi connectivity index (χ0v) is 9.22. The van der Waals surface area contributed by atoms with Crippen LogP contribution in [0.5, 0.6) is 0 Å². The molecular formula is C10H8N2O3S. The second kappa shape index (κ2) is 3.64. The van der Waals surface area contributed by atoms with Crippen molar-refractivity contribution in [1.82, 2.24) is 10.3 Å². The highest BCUT2D eigenvalue weighted by molar-refractivity contribution is 7.80. The van der Waals surface area contributed by atoms with E-state index in [0.29, 0.717) is 28.2 Å². The number of carbonyl (C=O) groups is 2. The number of aryl methyl sites for hydroxylation is 1. The van der Waals surface area contributed by atoms with Crippen LogP contribution in [0, 0.1) is 6.92 Å². The summed E-state index contributed by atoms with van der Waals surface area (Å²) < 4.78 is 0. The number of nitrogens with one attached hydrogen (secondary N) is 1. The van der Waals surface area contributed by atoms with Gasteiger partial charge < -0.3 is 10.4 Å². The lowest BCUT2D eigenvalue weighted by atomic mass is 10.0. The molecule has 0 spiro atoms. The number of thiocarbonyl (C=S) groups is 1. The maximum absolute atomic E-state index is 11.6. The lowest BCUT2D eigenvalue weighted by Crippen LogP contribution is -2.37. The number of pyridine rings is 1. The smallest absolute Gasteiger partial charge is 0.354 e. The van der Waals surface area contributed by atoms with Gasteiger partial charge in [0.1, 0.15) is 5.69 Å². The lowest BCUT2D eigenvalue weighted by Gasteiger charge is -2.18. The Bertz CT molecular complexity index is 525. The summed E-state index contributed by atoms with van der Waals surface area (Å²) in [4.78, 5) is 26.7. The average molecular weight is 236 g/mol. The molecular weight excluding hydrogens is 228 g/mol. The molecule has 1 aromatic heterocycles. The van der Waals surface area contributed by atoms with Gasteiger partial charge in [-0.25, -0.2) is 9.78 Å². The van der Waals surface area contributed by atoms with Gasteiger partial charge in [-0.2, -0.15) is 0 Å². The van der Waals surface area contributed by atoms with Crippen molar-refractivity contribution in [2.75, 3.05) is 0 Å². The molecule has 0 radical (unpaired) electrons. The summed E-state index contributed by atoms with van der Waals surface area (Å²) in [5.41, 5.74) is 1.40. The van der Waals surface area contributed by atoms with Gasteiger partial charge in [0, 0.05) is 6.42 Å². The van der Waals surface area contributed by atoms with Gasteiger partial charge in [-0.15, -0.1) is 0 Å². The third-order valence-corrected chi connectivity index (χ3v) is 2.57. The molecule has 0 fully saturated rings. The van der Waals surface area contributed by atoms with Gasteiger partial charge in [0.25, 0.3) is 5.91 Å². The van der Waals surface area contributed by atoms with E-state index in [-0.39, 0.29) is 11.6 Å². The zero-order chi connectivity index (χ0) is 11.9. The Hall–Kier alpha value is -1.82. The highest BCUT2D eigenvalue weighted by atomic mass is 32.1. The molecule has 0 saturated carbocycles. The zero-order valence-electron chi connectivity index (χ0n) is 8.40. The molecule has 2 rings (SSSR count). The van der Waals surface area contributed by atoms with Crippen molar-refractivity contribution >= 4 is 29.1 Å². The molecule has 1 aliphatic heterocycles. The van der Waals surface area contributed by atoms with Crippen LogP contribution in [0.1, 0.15) is 32.1 Å². The third kappa shape index (κ3) is 1.67. The minimum Gasteiger partial charge on any atom is -0.477 e. The number of carboxylic acids is 1. The Morgan fingerprint density at radius 1 is 1.62 bits per heavy atom. The molecule has 0 bridgehead atoms. The number of aromatic carboxylic acids is 1. The van der Waals surface area contributed by atoms with Crippen molar-refractivity contribution in [2.24, 2.45) is 0 Å². The van der Waals surface area contributed by atoms with E-state index in [9.17, 15) is 9.59 Å². The molecule has 82 valence electrons. The molecule has 6 heteroatoms. The number of carbonyl (C=O) groups excluding carboxylic acids is 1. The van der Waals surface area contributed by atoms with Gasteiger partial charge in [0.05, 0.1) is 16.2 Å². The molecule has 1 aliphatic rings. The van der Waals surface area contributed by atoms with Crippen LogP contribution in [0.3, 0.4) is 0 Å². The van der Waals surface area contributed by atoms with Crippen LogP contribution < -0.4 is 5.32 Å². The summed E-state index contributed by atoms with van der Waals surface area (Å²) in [6.45, 7) is 1.68. The van der Waals surface area contributed by atoms with Crippen LogP contribution in [0.2, 0.25) is 0 Å². The molecule has 2 heterocycles. The fraction of sp³-hybridized carbons (Fsp3) is 0.200. The van der Waals surface area contributed by atoms with Crippen LogP contribution in [-0.2, 0) is 6.42 Å². The van der Waals surface area contributed by atoms with E-state index >= 15 is 0 Å². The van der Waals surface area contributed by atoms with Crippen LogP contribution in [0.4, 0.5) is 0 Å². The number of rotatable bonds is 1. The van der Waals surface area contributed by atoms with E-state index in [0.717, 1.165) is 0 Å². The molecule has 16 heavy (non-hydrogen) atoms. The molecule has 0 unspecified atom stereocenters. The van der Waals surface area contributed by atoms with E-state index in [4.69, 9.17) is 17.3 Å². The minimum atomic E-state index is -1.11. The molecule has 1 amide bonds. The van der Waals surface area contributed by atoms with Crippen LogP contribution >= 0.6 is 12.2 Å². The van der Waals surface area contributed by atoms with Gasteiger partial charge in [0.15, 0.2) is 0 Å². The maximum atomic E-state index is 11.6. The highest BCUT2D eigenvalue weighted by Gasteiger charge is 2.24. The van der Waals surface area contributed by atoms with E-state index in [2.05, 4.69) is 10.3 Å². The van der Waals surface area contributed by atoms with Crippen LogP contribution in [-0.4, -0.2) is 27.0 Å². The number of aromatic nitrogens is 1. The van der Waals surface area contributed by atoms with Gasteiger partial charge in [0.2, 0.25) is 0 Å². The first-order valence-corrected chi connectivity index (χ1v) is 4.98. The summed E-state index contributed by atoms with van der Waals surface area (Å²) in [5, 5.41) is 11.4. The number of fused-ring (bicyclic) bond motifs is 1. The van der Waals surface area contributed by atoms with Crippen LogP contribution in [0.15, 0.2) is 6.07 Å². The molecule has 0 saturated heterocycles. The maximum Gasteiger partial charge on any atom is 0.354 e. The first kappa shape index (κ1) is 10.7. The predicted molar refractivity (Wildman–Crippen MR) is 59.7 cm³/mol. The van der Waals surface area contributed by atoms with Gasteiger partial charge in [-0.05, 0) is 18.6 Å². The number of amides is 1. The van der Waals surface area contributed by atoms with Crippen molar-refractivity contribution in [3.63, 3.8) is 0 Å². The van der Waals surface area contributed by atoms with E-state index in [1.165, 1.54) is 6.07 Å². The average Bonchev–Trinajstić information content (AvgIpc) is 2.15. The molecule has 0 atom stereocenters. The Kier molecular flexibility index (Phi) is 2.43. The summed E-state index contributed by atoms with van der Waals surface area (Å²) in [6, 6.07) is 1.38. The van der Waals surface area contributed by atoms with Crippen molar-refractivity contribution in [3.8, 4) is 0 Å². The SMILES string of the molecule is Cc1cc(C(=O)O)nc2c1C(=O)NC(=S)C2. The number of hydrogen-bond acceptors (Lipinski definition) is 4. The van der Waals surface area contributed by atoms with Gasteiger partial charge in [-0.3, -0.25) is 4.79 Å². The topological polar surface area (TPSA) is 79.3 Å². The lowest BCUT2D eigenvalue weighted by molar-refractivity contribution is 0.0689. The van der Waals surface area contributed by atoms with Crippen molar-refractivity contribution < 1.29 is 14.7 Å². The first-order valence-electron chi connectivity index (χ1n) is 4.57. The Morgan fingerprint density at radius 2 is 2.31 bits per heavy atom. The monoisotopic (exact) mass is 236 g/mol. The first-order chi connectivity index (χ1) is 7.49. The highest BCUT2D eigenvalue weighted by Crippen LogP contribution is 2.18.